The van der Waals surface area contributed by atoms with E-state index in [1.165, 1.54) is 5.56 Å². The van der Waals surface area contributed by atoms with Gasteiger partial charge in [-0.3, -0.25) is 4.79 Å². The number of nitrogens with zero attached hydrogens (tertiary/aromatic N) is 1. The number of carbonyl (C=O) groups is 1. The minimum atomic E-state index is 0.0856. The number of likely N-dealkylation sites (tertiary alicyclic amines) is 1. The van der Waals surface area contributed by atoms with Crippen LogP contribution in [0.5, 0.6) is 0 Å². The van der Waals surface area contributed by atoms with E-state index in [4.69, 9.17) is 4.74 Å². The lowest BCUT2D eigenvalue weighted by molar-refractivity contribution is -0.135. The van der Waals surface area contributed by atoms with Crippen molar-refractivity contribution in [2.45, 2.75) is 31.6 Å². The zero-order valence-corrected chi connectivity index (χ0v) is 11.9. The summed E-state index contributed by atoms with van der Waals surface area (Å²) in [5.41, 5.74) is 1.42. The highest BCUT2D eigenvalue weighted by Gasteiger charge is 2.35. The first-order valence-corrected chi connectivity index (χ1v) is 6.98. The maximum atomic E-state index is 12.0. The van der Waals surface area contributed by atoms with Crippen LogP contribution in [0.15, 0.2) is 30.3 Å². The van der Waals surface area contributed by atoms with Gasteiger partial charge < -0.3 is 9.64 Å². The first kappa shape index (κ1) is 14.1. The minimum absolute atomic E-state index is 0.0856. The molecule has 0 saturated carbocycles. The highest BCUT2D eigenvalue weighted by molar-refractivity contribution is 5.77. The molecule has 1 saturated heterocycles. The van der Waals surface area contributed by atoms with Gasteiger partial charge in [0.1, 0.15) is 0 Å². The van der Waals surface area contributed by atoms with E-state index in [9.17, 15) is 4.79 Å². The molecule has 0 unspecified atom stereocenters. The predicted octanol–water partition coefficient (Wildman–Crippen LogP) is 2.60. The molecule has 1 aromatic carbocycles. The Labute approximate surface area is 115 Å². The number of benzene rings is 1. The van der Waals surface area contributed by atoms with Crippen molar-refractivity contribution in [3.8, 4) is 0 Å². The van der Waals surface area contributed by atoms with Crippen LogP contribution in [0, 0.1) is 0 Å². The Hall–Kier alpha value is -1.35. The van der Waals surface area contributed by atoms with Crippen molar-refractivity contribution in [3.63, 3.8) is 0 Å². The number of carbonyl (C=O) groups excluding carboxylic acids is 1. The van der Waals surface area contributed by atoms with E-state index < -0.39 is 0 Å². The lowest BCUT2D eigenvalue weighted by Gasteiger charge is -2.40. The van der Waals surface area contributed by atoms with Gasteiger partial charge in [0.25, 0.3) is 0 Å². The van der Waals surface area contributed by atoms with Crippen LogP contribution in [0.1, 0.15) is 31.7 Å². The van der Waals surface area contributed by atoms with Crippen LogP contribution in [0.3, 0.4) is 0 Å². The van der Waals surface area contributed by atoms with Gasteiger partial charge in [0.15, 0.2) is 0 Å². The average molecular weight is 261 g/mol. The maximum absolute atomic E-state index is 12.0. The fraction of sp³-hybridized carbons (Fsp3) is 0.562. The lowest BCUT2D eigenvalue weighted by atomic mass is 9.75. The number of methoxy groups -OCH3 is 1. The first-order chi connectivity index (χ1) is 9.15. The van der Waals surface area contributed by atoms with Crippen LogP contribution >= 0.6 is 0 Å². The van der Waals surface area contributed by atoms with Gasteiger partial charge >= 0.3 is 0 Å². The van der Waals surface area contributed by atoms with Crippen molar-refractivity contribution in [1.29, 1.82) is 0 Å². The Morgan fingerprint density at radius 1 is 1.32 bits per heavy atom. The molecule has 1 aliphatic heterocycles. The molecule has 1 heterocycles. The van der Waals surface area contributed by atoms with Crippen LogP contribution < -0.4 is 0 Å². The third kappa shape index (κ3) is 3.35. The molecule has 19 heavy (non-hydrogen) atoms. The molecule has 3 nitrogen and oxygen atoms in total. The van der Waals surface area contributed by atoms with Gasteiger partial charge in [-0.2, -0.15) is 0 Å². The van der Waals surface area contributed by atoms with Crippen LogP contribution in [-0.2, 0) is 14.9 Å². The fourth-order valence-electron chi connectivity index (χ4n) is 2.81. The summed E-state index contributed by atoms with van der Waals surface area (Å²) in [7, 11) is 1.70. The lowest BCUT2D eigenvalue weighted by Crippen LogP contribution is -2.47. The van der Waals surface area contributed by atoms with Gasteiger partial charge in [0.2, 0.25) is 5.91 Å². The number of piperidine rings is 1. The SMILES string of the molecule is COCCCN1C[C@](C)(c2ccccc2)CCC1=O. The third-order valence-corrected chi connectivity index (χ3v) is 4.03. The van der Waals surface area contributed by atoms with Crippen LogP contribution in [0.25, 0.3) is 0 Å². The van der Waals surface area contributed by atoms with Crippen LogP contribution in [-0.4, -0.2) is 37.6 Å². The van der Waals surface area contributed by atoms with Gasteiger partial charge in [-0.25, -0.2) is 0 Å². The molecule has 1 aromatic rings. The van der Waals surface area contributed by atoms with Crippen molar-refractivity contribution in [3.05, 3.63) is 35.9 Å². The first-order valence-electron chi connectivity index (χ1n) is 6.98. The van der Waals surface area contributed by atoms with Gasteiger partial charge in [-0.1, -0.05) is 37.3 Å². The Morgan fingerprint density at radius 2 is 2.05 bits per heavy atom. The summed E-state index contributed by atoms with van der Waals surface area (Å²) in [6.45, 7) is 4.60. The molecule has 0 aromatic heterocycles. The molecule has 0 bridgehead atoms. The molecule has 0 radical (unpaired) electrons. The normalized spacial score (nSPS) is 23.7. The predicted molar refractivity (Wildman–Crippen MR) is 76.1 cm³/mol. The quantitative estimate of drug-likeness (QED) is 0.763. The zero-order valence-electron chi connectivity index (χ0n) is 11.9. The fourth-order valence-corrected chi connectivity index (χ4v) is 2.81. The van der Waals surface area contributed by atoms with Gasteiger partial charge in [-0.05, 0) is 18.4 Å². The number of amides is 1. The molecule has 1 atom stereocenters. The van der Waals surface area contributed by atoms with E-state index in [1.54, 1.807) is 7.11 Å². The highest BCUT2D eigenvalue weighted by Crippen LogP contribution is 2.33. The minimum Gasteiger partial charge on any atom is -0.385 e. The van der Waals surface area contributed by atoms with E-state index in [1.807, 2.05) is 11.0 Å². The zero-order chi connectivity index (χ0) is 13.7. The number of hydrogen-bond acceptors (Lipinski definition) is 2. The Morgan fingerprint density at radius 3 is 2.74 bits per heavy atom. The summed E-state index contributed by atoms with van der Waals surface area (Å²) in [5.74, 6) is 0.282. The highest BCUT2D eigenvalue weighted by atomic mass is 16.5. The van der Waals surface area contributed by atoms with E-state index >= 15 is 0 Å². The van der Waals surface area contributed by atoms with Crippen molar-refractivity contribution >= 4 is 5.91 Å². The van der Waals surface area contributed by atoms with Gasteiger partial charge in [0.05, 0.1) is 0 Å². The summed E-state index contributed by atoms with van der Waals surface area (Å²) >= 11 is 0. The molecular formula is C16H23NO2. The molecule has 104 valence electrons. The van der Waals surface area contributed by atoms with E-state index in [-0.39, 0.29) is 11.3 Å². The van der Waals surface area contributed by atoms with Gasteiger partial charge in [-0.15, -0.1) is 0 Å². The molecular weight excluding hydrogens is 238 g/mol. The Bertz CT molecular complexity index is 418. The third-order valence-electron chi connectivity index (χ3n) is 4.03. The smallest absolute Gasteiger partial charge is 0.222 e. The van der Waals surface area contributed by atoms with Crippen molar-refractivity contribution in [2.75, 3.05) is 26.8 Å². The van der Waals surface area contributed by atoms with E-state index in [0.717, 1.165) is 25.9 Å². The summed E-state index contributed by atoms with van der Waals surface area (Å²) < 4.78 is 5.07. The Kier molecular flexibility index (Phi) is 4.59. The second kappa shape index (κ2) is 6.20. The topological polar surface area (TPSA) is 29.5 Å². The maximum Gasteiger partial charge on any atom is 0.222 e. The van der Waals surface area contributed by atoms with E-state index in [0.29, 0.717) is 13.0 Å². The van der Waals surface area contributed by atoms with Crippen molar-refractivity contribution in [2.24, 2.45) is 0 Å². The summed E-state index contributed by atoms with van der Waals surface area (Å²) in [4.78, 5) is 14.0. The molecule has 0 spiro atoms. The Balaban J connectivity index is 2.05. The second-order valence-corrected chi connectivity index (χ2v) is 5.59. The molecule has 0 aliphatic carbocycles. The molecule has 1 amide bonds. The average Bonchev–Trinajstić information content (AvgIpc) is 2.44. The molecule has 0 N–H and O–H groups in total. The largest absolute Gasteiger partial charge is 0.385 e. The van der Waals surface area contributed by atoms with E-state index in [2.05, 4.69) is 31.2 Å². The van der Waals surface area contributed by atoms with Crippen molar-refractivity contribution < 1.29 is 9.53 Å². The van der Waals surface area contributed by atoms with Crippen molar-refractivity contribution in [1.82, 2.24) is 4.90 Å². The molecule has 1 fully saturated rings. The second-order valence-electron chi connectivity index (χ2n) is 5.59. The number of ether oxygens (including phenoxy) is 1. The standard InChI is InChI=1S/C16H23NO2/c1-16(14-7-4-3-5-8-14)10-9-15(18)17(13-16)11-6-12-19-2/h3-5,7-8H,6,9-13H2,1-2H3/t16-/m1/s1. The van der Waals surface area contributed by atoms with Gasteiger partial charge in [0, 0.05) is 38.6 Å². The van der Waals surface area contributed by atoms with Crippen LogP contribution in [0.4, 0.5) is 0 Å². The number of hydrogen-bond donors (Lipinski definition) is 0. The number of rotatable bonds is 5. The molecule has 1 aliphatic rings. The monoisotopic (exact) mass is 261 g/mol. The summed E-state index contributed by atoms with van der Waals surface area (Å²) in [6, 6.07) is 10.5. The van der Waals surface area contributed by atoms with Crippen LogP contribution in [0.2, 0.25) is 0 Å². The summed E-state index contributed by atoms with van der Waals surface area (Å²) in [6.07, 6.45) is 2.50. The molecule has 3 heteroatoms. The molecule has 2 rings (SSSR count). The summed E-state index contributed by atoms with van der Waals surface area (Å²) in [5, 5.41) is 0.